The number of aromatic nitrogens is 3. The molecule has 0 spiro atoms. The van der Waals surface area contributed by atoms with Crippen LogP contribution in [0.5, 0.6) is 0 Å². The van der Waals surface area contributed by atoms with Crippen LogP contribution in [-0.4, -0.2) is 15.2 Å². The van der Waals surface area contributed by atoms with Crippen molar-refractivity contribution in [1.82, 2.24) is 15.2 Å². The van der Waals surface area contributed by atoms with Gasteiger partial charge < -0.3 is 10.3 Å². The summed E-state index contributed by atoms with van der Waals surface area (Å²) in [6, 6.07) is 14.6. The van der Waals surface area contributed by atoms with Crippen LogP contribution >= 0.6 is 0 Å². The summed E-state index contributed by atoms with van der Waals surface area (Å²) >= 11 is 0. The molecule has 2 aromatic carbocycles. The number of hydrogen-bond donors (Lipinski definition) is 3. The number of anilines is 1. The number of aromatic amines is 2. The Hall–Kier alpha value is -2.75. The van der Waals surface area contributed by atoms with Crippen LogP contribution in [-0.2, 0) is 6.54 Å². The quantitative estimate of drug-likeness (QED) is 0.528. The Kier molecular flexibility index (Phi) is 2.45. The molecule has 0 radical (unpaired) electrons. The van der Waals surface area contributed by atoms with E-state index < -0.39 is 0 Å². The number of nitrogens with zero attached hydrogens (tertiary/aromatic N) is 1. The third-order valence-corrected chi connectivity index (χ3v) is 3.63. The maximum Gasteiger partial charge on any atom is 0.0881 e. The topological polar surface area (TPSA) is 56.5 Å². The van der Waals surface area contributed by atoms with E-state index in [2.05, 4.69) is 56.9 Å². The van der Waals surface area contributed by atoms with Crippen molar-refractivity contribution in [2.75, 3.05) is 5.32 Å². The van der Waals surface area contributed by atoms with Crippen molar-refractivity contribution < 1.29 is 0 Å². The van der Waals surface area contributed by atoms with Crippen molar-refractivity contribution in [2.45, 2.75) is 6.54 Å². The molecule has 0 unspecified atom stereocenters. The van der Waals surface area contributed by atoms with E-state index in [0.717, 1.165) is 23.1 Å². The Bertz CT molecular complexity index is 798. The van der Waals surface area contributed by atoms with E-state index >= 15 is 0 Å². The minimum absolute atomic E-state index is 0.785. The second kappa shape index (κ2) is 4.42. The molecule has 4 rings (SSSR count). The average molecular weight is 262 g/mol. The Labute approximate surface area is 115 Å². The van der Waals surface area contributed by atoms with Gasteiger partial charge in [-0.2, -0.15) is 5.10 Å². The zero-order valence-corrected chi connectivity index (χ0v) is 10.9. The van der Waals surface area contributed by atoms with Gasteiger partial charge in [0.25, 0.3) is 0 Å². The zero-order chi connectivity index (χ0) is 13.4. The number of nitrogens with one attached hydrogen (secondary N) is 3. The number of para-hydroxylation sites is 1. The van der Waals surface area contributed by atoms with Crippen molar-refractivity contribution in [3.05, 3.63) is 60.4 Å². The van der Waals surface area contributed by atoms with Crippen molar-refractivity contribution in [3.63, 3.8) is 0 Å². The fourth-order valence-corrected chi connectivity index (χ4v) is 2.61. The van der Waals surface area contributed by atoms with Gasteiger partial charge in [0.2, 0.25) is 0 Å². The van der Waals surface area contributed by atoms with Crippen molar-refractivity contribution in [2.24, 2.45) is 0 Å². The molecular formula is C16H14N4. The van der Waals surface area contributed by atoms with E-state index in [-0.39, 0.29) is 0 Å². The Morgan fingerprint density at radius 1 is 1.05 bits per heavy atom. The highest BCUT2D eigenvalue weighted by Gasteiger charge is 2.04. The average Bonchev–Trinajstić information content (AvgIpc) is 3.13. The molecule has 3 N–H and O–H groups in total. The third-order valence-electron chi connectivity index (χ3n) is 3.63. The number of H-pyrrole nitrogens is 2. The molecule has 0 aliphatic carbocycles. The number of hydrogen-bond acceptors (Lipinski definition) is 2. The Morgan fingerprint density at radius 2 is 2.00 bits per heavy atom. The lowest BCUT2D eigenvalue weighted by Crippen LogP contribution is -2.00. The molecule has 0 atom stereocenters. The molecule has 4 heteroatoms. The first-order valence-electron chi connectivity index (χ1n) is 6.63. The fraction of sp³-hybridized carbons (Fsp3) is 0.0625. The Morgan fingerprint density at radius 3 is 3.00 bits per heavy atom. The molecule has 0 amide bonds. The molecule has 0 aliphatic rings. The van der Waals surface area contributed by atoms with Gasteiger partial charge >= 0.3 is 0 Å². The van der Waals surface area contributed by atoms with Gasteiger partial charge in [-0.1, -0.05) is 24.3 Å². The smallest absolute Gasteiger partial charge is 0.0881 e. The van der Waals surface area contributed by atoms with Gasteiger partial charge in [-0.25, -0.2) is 0 Å². The van der Waals surface area contributed by atoms with Gasteiger partial charge in [0.1, 0.15) is 0 Å². The van der Waals surface area contributed by atoms with Crippen LogP contribution in [0.2, 0.25) is 0 Å². The molecule has 0 saturated heterocycles. The lowest BCUT2D eigenvalue weighted by atomic mass is 10.1. The van der Waals surface area contributed by atoms with Crippen LogP contribution in [0.4, 0.5) is 5.69 Å². The summed E-state index contributed by atoms with van der Waals surface area (Å²) < 4.78 is 0. The minimum Gasteiger partial charge on any atom is -0.379 e. The molecule has 0 aliphatic heterocycles. The van der Waals surface area contributed by atoms with Crippen LogP contribution in [0.25, 0.3) is 21.8 Å². The molecule has 0 bridgehead atoms. The van der Waals surface area contributed by atoms with E-state index in [1.165, 1.54) is 16.5 Å². The number of fused-ring (bicyclic) bond motifs is 2. The van der Waals surface area contributed by atoms with Gasteiger partial charge in [0, 0.05) is 29.0 Å². The molecular weight excluding hydrogens is 248 g/mol. The van der Waals surface area contributed by atoms with E-state index in [0.29, 0.717) is 0 Å². The molecule has 2 heterocycles. The largest absolute Gasteiger partial charge is 0.379 e. The van der Waals surface area contributed by atoms with Gasteiger partial charge in [0.05, 0.1) is 17.4 Å². The van der Waals surface area contributed by atoms with Crippen LogP contribution < -0.4 is 5.32 Å². The minimum atomic E-state index is 0.785. The summed E-state index contributed by atoms with van der Waals surface area (Å²) in [5, 5.41) is 13.0. The first-order chi connectivity index (χ1) is 9.92. The van der Waals surface area contributed by atoms with E-state index in [1.807, 2.05) is 18.5 Å². The van der Waals surface area contributed by atoms with Crippen LogP contribution in [0.15, 0.2) is 54.9 Å². The fourth-order valence-electron chi connectivity index (χ4n) is 2.61. The molecule has 4 aromatic rings. The normalized spacial score (nSPS) is 11.2. The molecule has 98 valence electrons. The van der Waals surface area contributed by atoms with Gasteiger partial charge in [-0.15, -0.1) is 0 Å². The predicted molar refractivity (Wildman–Crippen MR) is 81.7 cm³/mol. The summed E-state index contributed by atoms with van der Waals surface area (Å²) in [6.07, 6.45) is 3.82. The van der Waals surface area contributed by atoms with Crippen molar-refractivity contribution >= 4 is 27.5 Å². The second-order valence-electron chi connectivity index (χ2n) is 4.85. The highest BCUT2D eigenvalue weighted by molar-refractivity contribution is 5.90. The van der Waals surface area contributed by atoms with Gasteiger partial charge in [-0.3, -0.25) is 5.10 Å². The summed E-state index contributed by atoms with van der Waals surface area (Å²) in [7, 11) is 0. The third kappa shape index (κ3) is 1.73. The lowest BCUT2D eigenvalue weighted by molar-refractivity contribution is 1.11. The summed E-state index contributed by atoms with van der Waals surface area (Å²) in [5.41, 5.74) is 4.57. The van der Waals surface area contributed by atoms with Gasteiger partial charge in [-0.05, 0) is 23.8 Å². The summed E-state index contributed by atoms with van der Waals surface area (Å²) in [6.45, 7) is 0.785. The molecule has 4 nitrogen and oxygen atoms in total. The maximum atomic E-state index is 4.09. The maximum absolute atomic E-state index is 4.09. The molecule has 0 fully saturated rings. The van der Waals surface area contributed by atoms with Crippen LogP contribution in [0.1, 0.15) is 5.56 Å². The highest BCUT2D eigenvalue weighted by atomic mass is 15.1. The number of rotatable bonds is 3. The monoisotopic (exact) mass is 262 g/mol. The first kappa shape index (κ1) is 11.1. The molecule has 2 aromatic heterocycles. The van der Waals surface area contributed by atoms with E-state index in [9.17, 15) is 0 Å². The second-order valence-corrected chi connectivity index (χ2v) is 4.85. The van der Waals surface area contributed by atoms with Crippen LogP contribution in [0, 0.1) is 0 Å². The van der Waals surface area contributed by atoms with Crippen LogP contribution in [0.3, 0.4) is 0 Å². The Balaban J connectivity index is 1.67. The summed E-state index contributed by atoms with van der Waals surface area (Å²) in [4.78, 5) is 3.24. The molecule has 20 heavy (non-hydrogen) atoms. The lowest BCUT2D eigenvalue weighted by Gasteiger charge is -2.08. The first-order valence-corrected chi connectivity index (χ1v) is 6.63. The number of benzene rings is 2. The summed E-state index contributed by atoms with van der Waals surface area (Å²) in [5.74, 6) is 0. The van der Waals surface area contributed by atoms with Crippen molar-refractivity contribution in [3.8, 4) is 0 Å². The zero-order valence-electron chi connectivity index (χ0n) is 10.9. The van der Waals surface area contributed by atoms with Gasteiger partial charge in [0.15, 0.2) is 0 Å². The standard InChI is InChI=1S/C16H14N4/c1-3-11(13-7-8-17-14(13)5-1)9-18-15-6-2-4-12-10-19-20-16(12)15/h1-8,10,17-18H,9H2,(H,19,20). The van der Waals surface area contributed by atoms with Crippen molar-refractivity contribution in [1.29, 1.82) is 0 Å². The predicted octanol–water partition coefficient (Wildman–Crippen LogP) is 3.66. The highest BCUT2D eigenvalue weighted by Crippen LogP contribution is 2.23. The SMILES string of the molecule is c1cc(NCc2cccc3[nH]ccc23)c2[nH]ncc2c1. The molecule has 0 saturated carbocycles. The van der Waals surface area contributed by atoms with E-state index in [4.69, 9.17) is 0 Å². The van der Waals surface area contributed by atoms with E-state index in [1.54, 1.807) is 0 Å².